The minimum atomic E-state index is -3.77. The first-order valence-corrected chi connectivity index (χ1v) is 11.4. The van der Waals surface area contributed by atoms with E-state index in [1.54, 1.807) is 31.3 Å². The molecule has 1 unspecified atom stereocenters. The lowest BCUT2D eigenvalue weighted by atomic mass is 10.0. The molecule has 0 bridgehead atoms. The van der Waals surface area contributed by atoms with Crippen LogP contribution in [0.4, 0.5) is 5.69 Å². The Morgan fingerprint density at radius 1 is 1.23 bits per heavy atom. The molecule has 10 heteroatoms. The van der Waals surface area contributed by atoms with E-state index in [0.29, 0.717) is 47.9 Å². The molecule has 1 fully saturated rings. The summed E-state index contributed by atoms with van der Waals surface area (Å²) in [7, 11) is -3.77. The van der Waals surface area contributed by atoms with Gasteiger partial charge >= 0.3 is 0 Å². The molecule has 162 valence electrons. The second-order valence-corrected chi connectivity index (χ2v) is 9.42. The molecule has 0 radical (unpaired) electrons. The van der Waals surface area contributed by atoms with Crippen LogP contribution in [0.2, 0.25) is 0 Å². The molecular weight excluding hydrogens is 418 g/mol. The molecule has 0 spiro atoms. The molecule has 4 rings (SSSR count). The summed E-state index contributed by atoms with van der Waals surface area (Å²) in [6, 6.07) is 7.51. The number of carbonyl (C=O) groups excluding carboxylic acids is 1. The lowest BCUT2D eigenvalue weighted by Gasteiger charge is -2.25. The SMILES string of the molecule is CC(=O)Nc1ccc(S(=O)(=O)N2CCCC2c2nc(C)ncc2-c2cc(C)no2)cc1. The Labute approximate surface area is 180 Å². The van der Waals surface area contributed by atoms with E-state index in [4.69, 9.17) is 4.52 Å². The third-order valence-corrected chi connectivity index (χ3v) is 7.06. The zero-order valence-corrected chi connectivity index (χ0v) is 18.3. The van der Waals surface area contributed by atoms with Crippen molar-refractivity contribution in [2.75, 3.05) is 11.9 Å². The van der Waals surface area contributed by atoms with Crippen LogP contribution in [0.3, 0.4) is 0 Å². The van der Waals surface area contributed by atoms with Gasteiger partial charge in [-0.3, -0.25) is 4.79 Å². The molecule has 1 aromatic carbocycles. The van der Waals surface area contributed by atoms with Crippen molar-refractivity contribution in [3.05, 3.63) is 53.7 Å². The lowest BCUT2D eigenvalue weighted by Crippen LogP contribution is -2.31. The third kappa shape index (κ3) is 4.21. The average molecular weight is 442 g/mol. The molecule has 1 saturated heterocycles. The molecule has 3 aromatic rings. The summed E-state index contributed by atoms with van der Waals surface area (Å²) in [6.07, 6.45) is 3.01. The van der Waals surface area contributed by atoms with Gasteiger partial charge in [0.25, 0.3) is 0 Å². The molecule has 0 aliphatic carbocycles. The van der Waals surface area contributed by atoms with Crippen LogP contribution >= 0.6 is 0 Å². The van der Waals surface area contributed by atoms with E-state index in [1.807, 2.05) is 6.92 Å². The molecule has 9 nitrogen and oxygen atoms in total. The van der Waals surface area contributed by atoms with E-state index in [2.05, 4.69) is 20.4 Å². The first-order valence-electron chi connectivity index (χ1n) is 9.92. The maximum atomic E-state index is 13.4. The quantitative estimate of drug-likeness (QED) is 0.646. The number of benzene rings is 1. The van der Waals surface area contributed by atoms with Crippen LogP contribution in [-0.2, 0) is 14.8 Å². The van der Waals surface area contributed by atoms with E-state index < -0.39 is 16.1 Å². The van der Waals surface area contributed by atoms with Crippen LogP contribution in [0.1, 0.15) is 43.0 Å². The van der Waals surface area contributed by atoms with Gasteiger partial charge < -0.3 is 9.84 Å². The largest absolute Gasteiger partial charge is 0.356 e. The Bertz CT molecular complexity index is 1220. The van der Waals surface area contributed by atoms with Crippen LogP contribution in [0.5, 0.6) is 0 Å². The van der Waals surface area contributed by atoms with Gasteiger partial charge in [0, 0.05) is 31.4 Å². The number of sulfonamides is 1. The molecule has 31 heavy (non-hydrogen) atoms. The molecule has 1 aliphatic heterocycles. The van der Waals surface area contributed by atoms with Crippen LogP contribution in [0, 0.1) is 13.8 Å². The van der Waals surface area contributed by atoms with E-state index in [-0.39, 0.29) is 10.8 Å². The number of carbonyl (C=O) groups is 1. The molecule has 2 aromatic heterocycles. The molecular formula is C21H23N5O4S. The van der Waals surface area contributed by atoms with E-state index in [1.165, 1.54) is 23.4 Å². The van der Waals surface area contributed by atoms with Crippen molar-refractivity contribution in [2.45, 2.75) is 44.6 Å². The highest BCUT2D eigenvalue weighted by molar-refractivity contribution is 7.89. The summed E-state index contributed by atoms with van der Waals surface area (Å²) in [4.78, 5) is 20.3. The monoisotopic (exact) mass is 441 g/mol. The number of aromatic nitrogens is 3. The van der Waals surface area contributed by atoms with Crippen LogP contribution in [-0.4, -0.2) is 40.3 Å². The number of nitrogens with one attached hydrogen (secondary N) is 1. The topological polar surface area (TPSA) is 118 Å². The second kappa shape index (κ2) is 8.20. The second-order valence-electron chi connectivity index (χ2n) is 7.53. The smallest absolute Gasteiger partial charge is 0.243 e. The highest BCUT2D eigenvalue weighted by atomic mass is 32.2. The number of amides is 1. The maximum absolute atomic E-state index is 13.4. The Balaban J connectivity index is 1.71. The molecule has 1 amide bonds. The lowest BCUT2D eigenvalue weighted by molar-refractivity contribution is -0.114. The van der Waals surface area contributed by atoms with Crippen LogP contribution in [0.25, 0.3) is 11.3 Å². The zero-order chi connectivity index (χ0) is 22.2. The van der Waals surface area contributed by atoms with Crippen LogP contribution in [0.15, 0.2) is 45.9 Å². The number of aryl methyl sites for hydroxylation is 2. The first kappa shape index (κ1) is 21.1. The number of rotatable bonds is 5. The highest BCUT2D eigenvalue weighted by Gasteiger charge is 2.38. The van der Waals surface area contributed by atoms with Gasteiger partial charge in [0.2, 0.25) is 15.9 Å². The zero-order valence-electron chi connectivity index (χ0n) is 17.5. The first-order chi connectivity index (χ1) is 14.8. The van der Waals surface area contributed by atoms with E-state index in [9.17, 15) is 13.2 Å². The van der Waals surface area contributed by atoms with E-state index in [0.717, 1.165) is 5.69 Å². The summed E-state index contributed by atoms with van der Waals surface area (Å²) >= 11 is 0. The minimum absolute atomic E-state index is 0.163. The van der Waals surface area contributed by atoms with Crippen molar-refractivity contribution in [2.24, 2.45) is 0 Å². The Kier molecular flexibility index (Phi) is 5.59. The number of nitrogens with zero attached hydrogens (tertiary/aromatic N) is 4. The highest BCUT2D eigenvalue weighted by Crippen LogP contribution is 2.39. The summed E-state index contributed by atoms with van der Waals surface area (Å²) in [5.74, 6) is 0.847. The molecule has 1 atom stereocenters. The van der Waals surface area contributed by atoms with Gasteiger partial charge in [0.1, 0.15) is 5.82 Å². The Hall–Kier alpha value is -3.11. The Morgan fingerprint density at radius 2 is 1.97 bits per heavy atom. The van der Waals surface area contributed by atoms with Crippen molar-refractivity contribution < 1.29 is 17.7 Å². The summed E-state index contributed by atoms with van der Waals surface area (Å²) < 4.78 is 33.8. The molecule has 1 N–H and O–H groups in total. The van der Waals surface area contributed by atoms with Gasteiger partial charge in [-0.2, -0.15) is 4.31 Å². The van der Waals surface area contributed by atoms with E-state index >= 15 is 0 Å². The predicted octanol–water partition coefficient (Wildman–Crippen LogP) is 3.23. The van der Waals surface area contributed by atoms with Gasteiger partial charge in [0.05, 0.1) is 27.9 Å². The van der Waals surface area contributed by atoms with Crippen molar-refractivity contribution >= 4 is 21.6 Å². The number of hydrogen-bond acceptors (Lipinski definition) is 7. The normalized spacial score (nSPS) is 17.1. The van der Waals surface area contributed by atoms with Crippen molar-refractivity contribution in [1.82, 2.24) is 19.4 Å². The summed E-state index contributed by atoms with van der Waals surface area (Å²) in [5.41, 5.74) is 2.51. The fourth-order valence-corrected chi connectivity index (χ4v) is 5.43. The standard InChI is InChI=1S/C21H23N5O4S/c1-13-11-20(30-25-13)18-12-22-14(2)23-21(18)19-5-4-10-26(19)31(28,29)17-8-6-16(7-9-17)24-15(3)27/h6-9,11-12,19H,4-5,10H2,1-3H3,(H,24,27). The van der Waals surface area contributed by atoms with Crippen LogP contribution < -0.4 is 5.32 Å². The number of anilines is 1. The summed E-state index contributed by atoms with van der Waals surface area (Å²) in [6.45, 7) is 5.38. The third-order valence-electron chi connectivity index (χ3n) is 5.13. The van der Waals surface area contributed by atoms with Gasteiger partial charge in [-0.1, -0.05) is 5.16 Å². The van der Waals surface area contributed by atoms with Crippen molar-refractivity contribution in [3.8, 4) is 11.3 Å². The number of hydrogen-bond donors (Lipinski definition) is 1. The fraction of sp³-hybridized carbons (Fsp3) is 0.333. The minimum Gasteiger partial charge on any atom is -0.356 e. The Morgan fingerprint density at radius 3 is 2.61 bits per heavy atom. The van der Waals surface area contributed by atoms with Gasteiger partial charge in [0.15, 0.2) is 5.76 Å². The van der Waals surface area contributed by atoms with Crippen molar-refractivity contribution in [3.63, 3.8) is 0 Å². The summed E-state index contributed by atoms with van der Waals surface area (Å²) in [5, 5.41) is 6.58. The maximum Gasteiger partial charge on any atom is 0.243 e. The van der Waals surface area contributed by atoms with Gasteiger partial charge in [-0.25, -0.2) is 18.4 Å². The molecule has 1 aliphatic rings. The molecule has 0 saturated carbocycles. The van der Waals surface area contributed by atoms with Gasteiger partial charge in [-0.15, -0.1) is 0 Å². The van der Waals surface area contributed by atoms with Crippen molar-refractivity contribution in [1.29, 1.82) is 0 Å². The predicted molar refractivity (Wildman–Crippen MR) is 114 cm³/mol. The average Bonchev–Trinajstić information content (AvgIpc) is 3.37. The fourth-order valence-electron chi connectivity index (χ4n) is 3.77. The van der Waals surface area contributed by atoms with Gasteiger partial charge in [-0.05, 0) is 51.0 Å². The molecule has 3 heterocycles.